The molecule has 0 heterocycles. The third-order valence-electron chi connectivity index (χ3n) is 4.54. The lowest BCUT2D eigenvalue weighted by molar-refractivity contribution is 0.158. The SMILES string of the molecule is Nc1ccccc1NC(=O)OCC1c2ccccc2-c2ccccc21. The first-order valence-electron chi connectivity index (χ1n) is 8.20. The third-order valence-corrected chi connectivity index (χ3v) is 4.54. The van der Waals surface area contributed by atoms with Crippen LogP contribution in [0.2, 0.25) is 0 Å². The molecule has 1 aliphatic rings. The number of nitrogen functional groups attached to an aromatic ring is 1. The van der Waals surface area contributed by atoms with Gasteiger partial charge in [0.05, 0.1) is 11.4 Å². The topological polar surface area (TPSA) is 64.3 Å². The van der Waals surface area contributed by atoms with Gasteiger partial charge in [-0.25, -0.2) is 4.79 Å². The summed E-state index contributed by atoms with van der Waals surface area (Å²) in [6.07, 6.45) is -0.500. The lowest BCUT2D eigenvalue weighted by Crippen LogP contribution is -2.18. The zero-order valence-corrected chi connectivity index (χ0v) is 13.6. The average Bonchev–Trinajstić information content (AvgIpc) is 2.96. The van der Waals surface area contributed by atoms with Gasteiger partial charge in [0.1, 0.15) is 6.61 Å². The molecule has 0 fully saturated rings. The van der Waals surface area contributed by atoms with Crippen molar-refractivity contribution in [3.05, 3.63) is 83.9 Å². The van der Waals surface area contributed by atoms with Crippen LogP contribution < -0.4 is 11.1 Å². The van der Waals surface area contributed by atoms with Crippen LogP contribution in [0.3, 0.4) is 0 Å². The molecular formula is C21H18N2O2. The number of hydrogen-bond acceptors (Lipinski definition) is 3. The summed E-state index contributed by atoms with van der Waals surface area (Å²) in [6.45, 7) is 0.284. The van der Waals surface area contributed by atoms with Crippen molar-refractivity contribution in [1.29, 1.82) is 0 Å². The number of nitrogens with one attached hydrogen (secondary N) is 1. The second-order valence-electron chi connectivity index (χ2n) is 6.04. The van der Waals surface area contributed by atoms with Crippen LogP contribution in [0, 0.1) is 0 Å². The van der Waals surface area contributed by atoms with E-state index in [1.807, 2.05) is 36.4 Å². The maximum atomic E-state index is 12.2. The van der Waals surface area contributed by atoms with Crippen molar-refractivity contribution in [3.8, 4) is 11.1 Å². The van der Waals surface area contributed by atoms with Crippen molar-refractivity contribution >= 4 is 17.5 Å². The predicted octanol–water partition coefficient (Wildman–Crippen LogP) is 4.63. The summed E-state index contributed by atoms with van der Waals surface area (Å²) in [7, 11) is 0. The largest absolute Gasteiger partial charge is 0.448 e. The Hall–Kier alpha value is -3.27. The van der Waals surface area contributed by atoms with Crippen molar-refractivity contribution in [2.24, 2.45) is 0 Å². The van der Waals surface area contributed by atoms with Gasteiger partial charge in [0.2, 0.25) is 0 Å². The quantitative estimate of drug-likeness (QED) is 0.688. The summed E-state index contributed by atoms with van der Waals surface area (Å²) in [4.78, 5) is 12.2. The van der Waals surface area contributed by atoms with Gasteiger partial charge < -0.3 is 10.5 Å². The average molecular weight is 330 g/mol. The first kappa shape index (κ1) is 15.3. The molecule has 1 aliphatic carbocycles. The van der Waals surface area contributed by atoms with Gasteiger partial charge in [0, 0.05) is 5.92 Å². The molecule has 25 heavy (non-hydrogen) atoms. The van der Waals surface area contributed by atoms with Crippen LogP contribution in [0.5, 0.6) is 0 Å². The molecule has 0 aromatic heterocycles. The number of rotatable bonds is 3. The Kier molecular flexibility index (Phi) is 3.86. The van der Waals surface area contributed by atoms with Crippen LogP contribution in [-0.4, -0.2) is 12.7 Å². The fourth-order valence-electron chi connectivity index (χ4n) is 3.36. The van der Waals surface area contributed by atoms with Gasteiger partial charge in [-0.05, 0) is 34.4 Å². The number of fused-ring (bicyclic) bond motifs is 3. The van der Waals surface area contributed by atoms with E-state index in [1.165, 1.54) is 22.3 Å². The normalized spacial score (nSPS) is 12.3. The van der Waals surface area contributed by atoms with E-state index in [1.54, 1.807) is 12.1 Å². The van der Waals surface area contributed by atoms with E-state index < -0.39 is 6.09 Å². The third kappa shape index (κ3) is 2.83. The van der Waals surface area contributed by atoms with Crippen molar-refractivity contribution in [2.45, 2.75) is 5.92 Å². The molecule has 124 valence electrons. The Bertz CT molecular complexity index is 891. The van der Waals surface area contributed by atoms with Crippen molar-refractivity contribution < 1.29 is 9.53 Å². The second-order valence-corrected chi connectivity index (χ2v) is 6.04. The van der Waals surface area contributed by atoms with Gasteiger partial charge in [-0.15, -0.1) is 0 Å². The summed E-state index contributed by atoms with van der Waals surface area (Å²) in [5.74, 6) is 0.0475. The Morgan fingerprint density at radius 3 is 2.08 bits per heavy atom. The monoisotopic (exact) mass is 330 g/mol. The summed E-state index contributed by atoms with van der Waals surface area (Å²) in [5.41, 5.74) is 11.7. The molecule has 3 N–H and O–H groups in total. The summed E-state index contributed by atoms with van der Waals surface area (Å²) >= 11 is 0. The number of carbonyl (C=O) groups is 1. The van der Waals surface area contributed by atoms with E-state index >= 15 is 0 Å². The standard InChI is InChI=1S/C21H18N2O2/c22-19-11-5-6-12-20(19)23-21(24)25-13-18-16-9-3-1-7-14(16)15-8-2-4-10-17(15)18/h1-12,18H,13,22H2,(H,23,24). The molecule has 3 aromatic carbocycles. The highest BCUT2D eigenvalue weighted by Crippen LogP contribution is 2.44. The number of amides is 1. The zero-order chi connectivity index (χ0) is 17.2. The van der Waals surface area contributed by atoms with Crippen LogP contribution in [0.15, 0.2) is 72.8 Å². The molecule has 1 amide bonds. The van der Waals surface area contributed by atoms with E-state index in [4.69, 9.17) is 10.5 Å². The van der Waals surface area contributed by atoms with Gasteiger partial charge >= 0.3 is 6.09 Å². The first-order chi connectivity index (χ1) is 12.2. The smallest absolute Gasteiger partial charge is 0.411 e. The molecule has 0 bridgehead atoms. The Morgan fingerprint density at radius 1 is 0.880 bits per heavy atom. The fourth-order valence-corrected chi connectivity index (χ4v) is 3.36. The van der Waals surface area contributed by atoms with E-state index in [2.05, 4.69) is 29.6 Å². The Balaban J connectivity index is 1.51. The number of anilines is 2. The molecule has 0 saturated heterocycles. The van der Waals surface area contributed by atoms with Crippen LogP contribution in [0.4, 0.5) is 16.2 Å². The Morgan fingerprint density at radius 2 is 1.44 bits per heavy atom. The predicted molar refractivity (Wildman–Crippen MR) is 99.5 cm³/mol. The highest BCUT2D eigenvalue weighted by molar-refractivity contribution is 5.89. The lowest BCUT2D eigenvalue weighted by atomic mass is 9.98. The summed E-state index contributed by atoms with van der Waals surface area (Å²) < 4.78 is 5.49. The molecule has 0 saturated carbocycles. The van der Waals surface area contributed by atoms with Gasteiger partial charge in [-0.3, -0.25) is 5.32 Å². The Labute approximate surface area is 146 Å². The van der Waals surface area contributed by atoms with E-state index in [9.17, 15) is 4.79 Å². The molecule has 4 rings (SSSR count). The summed E-state index contributed by atoms with van der Waals surface area (Å²) in [5, 5.41) is 2.70. The molecule has 0 spiro atoms. The summed E-state index contributed by atoms with van der Waals surface area (Å²) in [6, 6.07) is 23.6. The number of carbonyl (C=O) groups excluding carboxylic acids is 1. The number of nitrogens with two attached hydrogens (primary N) is 1. The molecule has 0 unspecified atom stereocenters. The molecule has 4 heteroatoms. The molecular weight excluding hydrogens is 312 g/mol. The number of benzene rings is 3. The van der Waals surface area contributed by atoms with E-state index in [0.717, 1.165) is 0 Å². The fraction of sp³-hybridized carbons (Fsp3) is 0.0952. The van der Waals surface area contributed by atoms with Gasteiger partial charge in [0.15, 0.2) is 0 Å². The number of hydrogen-bond donors (Lipinski definition) is 2. The highest BCUT2D eigenvalue weighted by atomic mass is 16.5. The van der Waals surface area contributed by atoms with Crippen molar-refractivity contribution in [3.63, 3.8) is 0 Å². The minimum Gasteiger partial charge on any atom is -0.448 e. The minimum atomic E-state index is -0.500. The maximum Gasteiger partial charge on any atom is 0.411 e. The maximum absolute atomic E-state index is 12.2. The highest BCUT2D eigenvalue weighted by Gasteiger charge is 2.28. The zero-order valence-electron chi connectivity index (χ0n) is 13.6. The number of para-hydroxylation sites is 2. The lowest BCUT2D eigenvalue weighted by Gasteiger charge is -2.15. The van der Waals surface area contributed by atoms with E-state index in [0.29, 0.717) is 11.4 Å². The van der Waals surface area contributed by atoms with Crippen LogP contribution in [0.1, 0.15) is 17.0 Å². The first-order valence-corrected chi connectivity index (χ1v) is 8.20. The van der Waals surface area contributed by atoms with Crippen molar-refractivity contribution in [1.82, 2.24) is 0 Å². The molecule has 4 nitrogen and oxygen atoms in total. The van der Waals surface area contributed by atoms with Crippen LogP contribution >= 0.6 is 0 Å². The van der Waals surface area contributed by atoms with Crippen LogP contribution in [-0.2, 0) is 4.74 Å². The van der Waals surface area contributed by atoms with Gasteiger partial charge in [-0.1, -0.05) is 60.7 Å². The molecule has 0 atom stereocenters. The minimum absolute atomic E-state index is 0.0475. The molecule has 0 aliphatic heterocycles. The van der Waals surface area contributed by atoms with E-state index in [-0.39, 0.29) is 12.5 Å². The second kappa shape index (κ2) is 6.32. The van der Waals surface area contributed by atoms with Gasteiger partial charge in [-0.2, -0.15) is 0 Å². The van der Waals surface area contributed by atoms with Gasteiger partial charge in [0.25, 0.3) is 0 Å². The number of ether oxygens (including phenoxy) is 1. The van der Waals surface area contributed by atoms with Crippen LogP contribution in [0.25, 0.3) is 11.1 Å². The van der Waals surface area contributed by atoms with Crippen molar-refractivity contribution in [2.75, 3.05) is 17.7 Å². The molecule has 3 aromatic rings. The molecule has 0 radical (unpaired) electrons.